The number of hydrogen-bond donors (Lipinski definition) is 1. The third kappa shape index (κ3) is 3.91. The van der Waals surface area contributed by atoms with E-state index in [9.17, 15) is 27.2 Å². The lowest BCUT2D eigenvalue weighted by Crippen LogP contribution is -2.44. The summed E-state index contributed by atoms with van der Waals surface area (Å²) in [7, 11) is 0. The average Bonchev–Trinajstić information content (AvgIpc) is 3.46. The van der Waals surface area contributed by atoms with Gasteiger partial charge in [-0.3, -0.25) is 19.3 Å². The summed E-state index contributed by atoms with van der Waals surface area (Å²) in [6.45, 7) is 3.19. The quantitative estimate of drug-likeness (QED) is 0.406. The van der Waals surface area contributed by atoms with E-state index in [1.807, 2.05) is 19.1 Å². The number of rotatable bonds is 3. The molecule has 0 saturated heterocycles. The molecule has 2 aliphatic heterocycles. The SMILES string of the molecule is C[C@@H]1Cc2nn3c(c2CN1C(=O)c1cc2c(C(F)(F)F)c(F)ccc2[nH]1)C(=O)N(Cc1ccccn1)CC3. The first-order valence-corrected chi connectivity index (χ1v) is 12.1. The molecule has 0 fully saturated rings. The Labute approximate surface area is 213 Å². The van der Waals surface area contributed by atoms with E-state index in [2.05, 4.69) is 15.1 Å². The smallest absolute Gasteiger partial charge is 0.351 e. The van der Waals surface area contributed by atoms with Crippen molar-refractivity contribution in [3.8, 4) is 0 Å². The summed E-state index contributed by atoms with van der Waals surface area (Å²) >= 11 is 0. The molecule has 8 nitrogen and oxygen atoms in total. The van der Waals surface area contributed by atoms with Gasteiger partial charge in [0.25, 0.3) is 11.8 Å². The van der Waals surface area contributed by atoms with Crippen molar-refractivity contribution in [2.75, 3.05) is 6.54 Å². The minimum atomic E-state index is -4.92. The number of fused-ring (bicyclic) bond motifs is 4. The molecule has 0 spiro atoms. The maximum atomic E-state index is 14.1. The van der Waals surface area contributed by atoms with Gasteiger partial charge >= 0.3 is 6.18 Å². The van der Waals surface area contributed by atoms with Crippen molar-refractivity contribution in [2.45, 2.75) is 45.2 Å². The molecule has 196 valence electrons. The zero-order chi connectivity index (χ0) is 26.8. The maximum Gasteiger partial charge on any atom is 0.419 e. The molecule has 38 heavy (non-hydrogen) atoms. The molecule has 0 bridgehead atoms. The molecule has 0 radical (unpaired) electrons. The number of nitrogens with one attached hydrogen (secondary N) is 1. The van der Waals surface area contributed by atoms with E-state index in [0.29, 0.717) is 37.3 Å². The van der Waals surface area contributed by atoms with Gasteiger partial charge < -0.3 is 14.8 Å². The fourth-order valence-electron chi connectivity index (χ4n) is 5.31. The van der Waals surface area contributed by atoms with Gasteiger partial charge in [-0.05, 0) is 37.3 Å². The Morgan fingerprint density at radius 2 is 2.00 bits per heavy atom. The van der Waals surface area contributed by atoms with Crippen LogP contribution in [0.25, 0.3) is 10.9 Å². The molecule has 1 atom stereocenters. The van der Waals surface area contributed by atoms with Crippen LogP contribution in [0.3, 0.4) is 0 Å². The number of carbonyl (C=O) groups excluding carboxylic acids is 2. The first-order valence-electron chi connectivity index (χ1n) is 12.1. The molecule has 0 unspecified atom stereocenters. The van der Waals surface area contributed by atoms with Gasteiger partial charge in [0, 0.05) is 41.7 Å². The highest BCUT2D eigenvalue weighted by Crippen LogP contribution is 2.38. The highest BCUT2D eigenvalue weighted by atomic mass is 19.4. The van der Waals surface area contributed by atoms with E-state index >= 15 is 0 Å². The lowest BCUT2D eigenvalue weighted by molar-refractivity contribution is -0.138. The summed E-state index contributed by atoms with van der Waals surface area (Å²) in [5.74, 6) is -2.16. The van der Waals surface area contributed by atoms with Crippen molar-refractivity contribution in [1.82, 2.24) is 29.5 Å². The van der Waals surface area contributed by atoms with Crippen LogP contribution in [0.5, 0.6) is 0 Å². The fourth-order valence-corrected chi connectivity index (χ4v) is 5.31. The monoisotopic (exact) mass is 526 g/mol. The van der Waals surface area contributed by atoms with Crippen LogP contribution in [0.15, 0.2) is 42.6 Å². The Hall–Kier alpha value is -4.22. The van der Waals surface area contributed by atoms with Crippen molar-refractivity contribution < 1.29 is 27.2 Å². The molecule has 3 aromatic heterocycles. The number of carbonyl (C=O) groups is 2. The van der Waals surface area contributed by atoms with Crippen LogP contribution in [0.1, 0.15) is 50.4 Å². The molecular formula is C26H22F4N6O2. The van der Waals surface area contributed by atoms with Crippen molar-refractivity contribution >= 4 is 22.7 Å². The Bertz CT molecular complexity index is 1580. The van der Waals surface area contributed by atoms with Gasteiger partial charge in [-0.2, -0.15) is 18.3 Å². The van der Waals surface area contributed by atoms with E-state index in [1.54, 1.807) is 21.8 Å². The van der Waals surface area contributed by atoms with Crippen molar-refractivity contribution in [3.63, 3.8) is 0 Å². The largest absolute Gasteiger partial charge is 0.419 e. The predicted octanol–water partition coefficient (Wildman–Crippen LogP) is 4.16. The molecular weight excluding hydrogens is 504 g/mol. The van der Waals surface area contributed by atoms with Gasteiger partial charge in [-0.25, -0.2) is 4.39 Å². The molecule has 0 saturated carbocycles. The minimum absolute atomic E-state index is 0.00989. The van der Waals surface area contributed by atoms with Crippen LogP contribution >= 0.6 is 0 Å². The third-order valence-corrected chi connectivity index (χ3v) is 7.16. The highest BCUT2D eigenvalue weighted by molar-refractivity contribution is 6.00. The summed E-state index contributed by atoms with van der Waals surface area (Å²) < 4.78 is 56.2. The first kappa shape index (κ1) is 24.1. The number of aromatic amines is 1. The van der Waals surface area contributed by atoms with Crippen molar-refractivity contribution in [3.05, 3.63) is 82.3 Å². The number of H-pyrrole nitrogens is 1. The van der Waals surface area contributed by atoms with Crippen LogP contribution in [-0.4, -0.2) is 53.9 Å². The normalized spacial score (nSPS) is 17.6. The highest BCUT2D eigenvalue weighted by Gasteiger charge is 2.39. The maximum absolute atomic E-state index is 14.1. The van der Waals surface area contributed by atoms with E-state index in [1.165, 1.54) is 11.0 Å². The molecule has 2 aliphatic rings. The van der Waals surface area contributed by atoms with Gasteiger partial charge in [0.2, 0.25) is 0 Å². The Morgan fingerprint density at radius 1 is 1.18 bits per heavy atom. The lowest BCUT2D eigenvalue weighted by Gasteiger charge is -2.33. The zero-order valence-corrected chi connectivity index (χ0v) is 20.2. The molecule has 4 aromatic rings. The molecule has 0 aliphatic carbocycles. The van der Waals surface area contributed by atoms with E-state index in [-0.39, 0.29) is 29.7 Å². The summed E-state index contributed by atoms with van der Waals surface area (Å²) in [6.07, 6.45) is -2.87. The summed E-state index contributed by atoms with van der Waals surface area (Å²) in [5, 5.41) is 4.22. The fraction of sp³-hybridized carbons (Fsp3) is 0.308. The zero-order valence-electron chi connectivity index (χ0n) is 20.2. The Morgan fingerprint density at radius 3 is 2.74 bits per heavy atom. The number of benzene rings is 1. The second kappa shape index (κ2) is 8.67. The molecule has 1 aromatic carbocycles. The van der Waals surface area contributed by atoms with Crippen molar-refractivity contribution in [2.24, 2.45) is 0 Å². The van der Waals surface area contributed by atoms with Gasteiger partial charge in [-0.1, -0.05) is 6.07 Å². The van der Waals surface area contributed by atoms with Crippen LogP contribution < -0.4 is 0 Å². The third-order valence-electron chi connectivity index (χ3n) is 7.16. The van der Waals surface area contributed by atoms with E-state index < -0.39 is 28.9 Å². The molecule has 6 rings (SSSR count). The van der Waals surface area contributed by atoms with Crippen LogP contribution in [0.2, 0.25) is 0 Å². The van der Waals surface area contributed by atoms with Crippen LogP contribution in [0.4, 0.5) is 17.6 Å². The number of alkyl halides is 3. The topological polar surface area (TPSA) is 87.1 Å². The summed E-state index contributed by atoms with van der Waals surface area (Å²) in [6, 6.07) is 8.12. The van der Waals surface area contributed by atoms with Crippen molar-refractivity contribution in [1.29, 1.82) is 0 Å². The van der Waals surface area contributed by atoms with E-state index in [4.69, 9.17) is 0 Å². The average molecular weight is 526 g/mol. The Balaban J connectivity index is 1.31. The number of hydrogen-bond acceptors (Lipinski definition) is 4. The number of aromatic nitrogens is 4. The second-order valence-corrected chi connectivity index (χ2v) is 9.60. The molecule has 5 heterocycles. The standard InChI is InChI=1S/C26H22F4N6O2/c1-14-10-20-17(23-25(38)34(8-9-36(23)33-20)12-15-4-2-3-7-31-15)13-35(14)24(37)21-11-16-19(32-21)6-5-18(27)22(16)26(28,29)30/h2-7,11,14,32H,8-10,12-13H2,1H3/t14-/m1/s1. The predicted molar refractivity (Wildman–Crippen MR) is 128 cm³/mol. The van der Waals surface area contributed by atoms with Crippen LogP contribution in [-0.2, 0) is 32.2 Å². The number of pyridine rings is 1. The van der Waals surface area contributed by atoms with Gasteiger partial charge in [-0.15, -0.1) is 0 Å². The molecule has 2 amide bonds. The van der Waals surface area contributed by atoms with Gasteiger partial charge in [0.15, 0.2) is 0 Å². The van der Waals surface area contributed by atoms with Gasteiger partial charge in [0.05, 0.1) is 31.0 Å². The Kier molecular flexibility index (Phi) is 5.51. The summed E-state index contributed by atoms with van der Waals surface area (Å²) in [5.41, 5.74) is 1.02. The lowest BCUT2D eigenvalue weighted by atomic mass is 9.98. The number of halogens is 4. The second-order valence-electron chi connectivity index (χ2n) is 9.60. The number of nitrogens with zero attached hydrogens (tertiary/aromatic N) is 5. The number of amides is 2. The molecule has 12 heteroatoms. The molecule has 1 N–H and O–H groups in total. The minimum Gasteiger partial charge on any atom is -0.351 e. The summed E-state index contributed by atoms with van der Waals surface area (Å²) in [4.78, 5) is 37.2. The van der Waals surface area contributed by atoms with Gasteiger partial charge in [0.1, 0.15) is 22.8 Å². The van der Waals surface area contributed by atoms with E-state index in [0.717, 1.165) is 23.5 Å². The van der Waals surface area contributed by atoms with Crippen LogP contribution in [0, 0.1) is 5.82 Å². The first-order chi connectivity index (χ1) is 18.1.